The third-order valence-electron chi connectivity index (χ3n) is 3.11. The summed E-state index contributed by atoms with van der Waals surface area (Å²) < 4.78 is 5.33. The summed E-state index contributed by atoms with van der Waals surface area (Å²) in [6.45, 7) is 5.76. The quantitative estimate of drug-likeness (QED) is 0.774. The highest BCUT2D eigenvalue weighted by Gasteiger charge is 2.15. The number of hydrogen-bond donors (Lipinski definition) is 0. The number of benzene rings is 1. The maximum absolute atomic E-state index is 9.11. The lowest BCUT2D eigenvalue weighted by Gasteiger charge is -2.22. The number of methoxy groups -OCH3 is 1. The van der Waals surface area contributed by atoms with Gasteiger partial charge in [-0.1, -0.05) is 32.0 Å². The molecule has 0 aliphatic carbocycles. The summed E-state index contributed by atoms with van der Waals surface area (Å²) in [6, 6.07) is 10.4. The lowest BCUT2D eigenvalue weighted by molar-refractivity contribution is 0.262. The molecule has 0 aliphatic rings. The van der Waals surface area contributed by atoms with E-state index >= 15 is 0 Å². The Bertz CT molecular complexity index is 409. The van der Waals surface area contributed by atoms with Crippen molar-refractivity contribution in [3.05, 3.63) is 29.8 Å². The van der Waals surface area contributed by atoms with Crippen LogP contribution in [-0.2, 0) is 6.54 Å². The van der Waals surface area contributed by atoms with Gasteiger partial charge in [0.25, 0.3) is 0 Å². The largest absolute Gasteiger partial charge is 0.496 e. The fraction of sp³-hybridized carbons (Fsp3) is 0.533. The Morgan fingerprint density at radius 2 is 2.00 bits per heavy atom. The molecule has 0 bridgehead atoms. The van der Waals surface area contributed by atoms with Crippen LogP contribution in [0.4, 0.5) is 0 Å². The van der Waals surface area contributed by atoms with E-state index in [0.29, 0.717) is 5.92 Å². The summed E-state index contributed by atoms with van der Waals surface area (Å²) in [5.41, 5.74) is 1.16. The van der Waals surface area contributed by atoms with E-state index in [2.05, 4.69) is 30.9 Å². The van der Waals surface area contributed by atoms with Crippen LogP contribution in [-0.4, -0.2) is 25.6 Å². The van der Waals surface area contributed by atoms with Gasteiger partial charge in [-0.05, 0) is 19.0 Å². The molecule has 0 amide bonds. The monoisotopic (exact) mass is 246 g/mol. The van der Waals surface area contributed by atoms with Gasteiger partial charge in [-0.25, -0.2) is 0 Å². The number of nitriles is 1. The summed E-state index contributed by atoms with van der Waals surface area (Å²) in [4.78, 5) is 2.17. The van der Waals surface area contributed by atoms with Gasteiger partial charge in [0.2, 0.25) is 0 Å². The van der Waals surface area contributed by atoms with Crippen LogP contribution >= 0.6 is 0 Å². The molecular weight excluding hydrogens is 224 g/mol. The van der Waals surface area contributed by atoms with Crippen LogP contribution in [0.25, 0.3) is 0 Å². The predicted octanol–water partition coefficient (Wildman–Crippen LogP) is 2.92. The van der Waals surface area contributed by atoms with Gasteiger partial charge in [-0.3, -0.25) is 0 Å². The van der Waals surface area contributed by atoms with E-state index in [4.69, 9.17) is 10.00 Å². The van der Waals surface area contributed by atoms with Crippen molar-refractivity contribution in [1.29, 1.82) is 5.26 Å². The molecule has 0 fully saturated rings. The molecule has 1 aromatic rings. The van der Waals surface area contributed by atoms with E-state index < -0.39 is 0 Å². The van der Waals surface area contributed by atoms with E-state index in [1.54, 1.807) is 7.11 Å². The van der Waals surface area contributed by atoms with Gasteiger partial charge in [0.1, 0.15) is 5.75 Å². The molecule has 3 heteroatoms. The number of ether oxygens (including phenoxy) is 1. The molecule has 18 heavy (non-hydrogen) atoms. The van der Waals surface area contributed by atoms with Crippen LogP contribution in [0.1, 0.15) is 19.4 Å². The molecule has 3 nitrogen and oxygen atoms in total. The van der Waals surface area contributed by atoms with Crippen LogP contribution in [0.3, 0.4) is 0 Å². The smallest absolute Gasteiger partial charge is 0.123 e. The van der Waals surface area contributed by atoms with Crippen molar-refractivity contribution in [3.8, 4) is 11.8 Å². The first kappa shape index (κ1) is 14.5. The number of hydrogen-bond acceptors (Lipinski definition) is 3. The molecule has 98 valence electrons. The van der Waals surface area contributed by atoms with Crippen LogP contribution < -0.4 is 4.74 Å². The zero-order chi connectivity index (χ0) is 13.5. The van der Waals surface area contributed by atoms with E-state index in [-0.39, 0.29) is 5.92 Å². The van der Waals surface area contributed by atoms with Crippen molar-refractivity contribution in [2.45, 2.75) is 20.4 Å². The molecule has 0 saturated heterocycles. The summed E-state index contributed by atoms with van der Waals surface area (Å²) in [5, 5.41) is 9.11. The molecule has 0 aliphatic heterocycles. The summed E-state index contributed by atoms with van der Waals surface area (Å²) >= 11 is 0. The van der Waals surface area contributed by atoms with Gasteiger partial charge >= 0.3 is 0 Å². The van der Waals surface area contributed by atoms with Gasteiger partial charge in [0, 0.05) is 18.7 Å². The predicted molar refractivity (Wildman–Crippen MR) is 73.3 cm³/mol. The van der Waals surface area contributed by atoms with Gasteiger partial charge in [0.15, 0.2) is 0 Å². The Balaban J connectivity index is 2.64. The third-order valence-corrected chi connectivity index (χ3v) is 3.11. The van der Waals surface area contributed by atoms with Gasteiger partial charge < -0.3 is 9.64 Å². The first-order valence-corrected chi connectivity index (χ1v) is 6.28. The Labute approximate surface area is 110 Å². The SMILES string of the molecule is COc1ccccc1CN(C)CC(C#N)C(C)C. The van der Waals surface area contributed by atoms with Crippen molar-refractivity contribution in [2.75, 3.05) is 20.7 Å². The van der Waals surface area contributed by atoms with Gasteiger partial charge in [-0.15, -0.1) is 0 Å². The Morgan fingerprint density at radius 3 is 2.56 bits per heavy atom. The molecule has 1 atom stereocenters. The number of nitrogens with zero attached hydrogens (tertiary/aromatic N) is 2. The van der Waals surface area contributed by atoms with E-state index in [1.807, 2.05) is 25.2 Å². The zero-order valence-corrected chi connectivity index (χ0v) is 11.7. The fourth-order valence-corrected chi connectivity index (χ4v) is 1.93. The summed E-state index contributed by atoms with van der Waals surface area (Å²) in [7, 11) is 3.73. The normalized spacial score (nSPS) is 12.5. The molecular formula is C15H22N2O. The minimum absolute atomic E-state index is 0.0738. The van der Waals surface area contributed by atoms with Crippen molar-refractivity contribution in [1.82, 2.24) is 4.90 Å². The standard InChI is InChI=1S/C15H22N2O/c1-12(2)14(9-16)11-17(3)10-13-7-5-6-8-15(13)18-4/h5-8,12,14H,10-11H2,1-4H3. The van der Waals surface area contributed by atoms with E-state index in [1.165, 1.54) is 0 Å². The molecule has 0 saturated carbocycles. The zero-order valence-electron chi connectivity index (χ0n) is 11.7. The molecule has 0 N–H and O–H groups in total. The third kappa shape index (κ3) is 4.05. The molecule has 0 aromatic heterocycles. The van der Waals surface area contributed by atoms with E-state index in [0.717, 1.165) is 24.4 Å². The first-order valence-electron chi connectivity index (χ1n) is 6.28. The highest BCUT2D eigenvalue weighted by Crippen LogP contribution is 2.20. The van der Waals surface area contributed by atoms with Crippen molar-refractivity contribution in [2.24, 2.45) is 11.8 Å². The highest BCUT2D eigenvalue weighted by atomic mass is 16.5. The van der Waals surface area contributed by atoms with Crippen molar-refractivity contribution >= 4 is 0 Å². The highest BCUT2D eigenvalue weighted by molar-refractivity contribution is 5.33. The lowest BCUT2D eigenvalue weighted by Crippen LogP contribution is -2.27. The number of para-hydroxylation sites is 1. The second kappa shape index (κ2) is 7.03. The van der Waals surface area contributed by atoms with Crippen molar-refractivity contribution < 1.29 is 4.74 Å². The van der Waals surface area contributed by atoms with Crippen LogP contribution in [0.2, 0.25) is 0 Å². The maximum atomic E-state index is 9.11. The first-order chi connectivity index (χ1) is 8.58. The molecule has 0 heterocycles. The molecule has 0 radical (unpaired) electrons. The lowest BCUT2D eigenvalue weighted by atomic mass is 9.97. The molecule has 1 rings (SSSR count). The Hall–Kier alpha value is -1.53. The van der Waals surface area contributed by atoms with E-state index in [9.17, 15) is 0 Å². The van der Waals surface area contributed by atoms with Crippen LogP contribution in [0, 0.1) is 23.2 Å². The Morgan fingerprint density at radius 1 is 1.33 bits per heavy atom. The molecule has 1 unspecified atom stereocenters. The average Bonchev–Trinajstić information content (AvgIpc) is 2.36. The second-order valence-corrected chi connectivity index (χ2v) is 4.99. The molecule has 0 spiro atoms. The minimum atomic E-state index is 0.0738. The number of rotatable bonds is 6. The fourth-order valence-electron chi connectivity index (χ4n) is 1.93. The summed E-state index contributed by atoms with van der Waals surface area (Å²) in [5.74, 6) is 1.36. The van der Waals surface area contributed by atoms with Gasteiger partial charge in [0.05, 0.1) is 19.1 Å². The van der Waals surface area contributed by atoms with Gasteiger partial charge in [-0.2, -0.15) is 5.26 Å². The van der Waals surface area contributed by atoms with Crippen LogP contribution in [0.5, 0.6) is 5.75 Å². The minimum Gasteiger partial charge on any atom is -0.496 e. The average molecular weight is 246 g/mol. The second-order valence-electron chi connectivity index (χ2n) is 4.99. The summed E-state index contributed by atoms with van der Waals surface area (Å²) in [6.07, 6.45) is 0. The Kier molecular flexibility index (Phi) is 5.67. The maximum Gasteiger partial charge on any atom is 0.123 e. The van der Waals surface area contributed by atoms with Crippen LogP contribution in [0.15, 0.2) is 24.3 Å². The topological polar surface area (TPSA) is 36.3 Å². The molecule has 1 aromatic carbocycles. The van der Waals surface area contributed by atoms with Crippen molar-refractivity contribution in [3.63, 3.8) is 0 Å².